The molecule has 1 fully saturated rings. The zero-order chi connectivity index (χ0) is 26.3. The fraction of sp³-hybridized carbons (Fsp3) is 0.387. The van der Waals surface area contributed by atoms with Crippen LogP contribution in [0.3, 0.4) is 0 Å². The SMILES string of the molecule is C=CC(=O)N1CC(CC(=O)Cn2c(C)c(-c3cnccc3C3=CCC(C)CC3)c3cc(Cl)cc(C)c32)C1. The van der Waals surface area contributed by atoms with Gasteiger partial charge in [0.25, 0.3) is 0 Å². The highest BCUT2D eigenvalue weighted by Gasteiger charge is 2.31. The lowest BCUT2D eigenvalue weighted by Gasteiger charge is -2.38. The largest absolute Gasteiger partial charge is 0.338 e. The van der Waals surface area contributed by atoms with Gasteiger partial charge in [-0.15, -0.1) is 0 Å². The van der Waals surface area contributed by atoms with Gasteiger partial charge in [-0.1, -0.05) is 31.2 Å². The molecule has 5 rings (SSSR count). The minimum Gasteiger partial charge on any atom is -0.338 e. The number of pyridine rings is 1. The number of carbonyl (C=O) groups is 2. The number of aryl methyl sites for hydroxylation is 1. The van der Waals surface area contributed by atoms with E-state index in [1.54, 1.807) is 4.90 Å². The first-order chi connectivity index (χ1) is 17.8. The van der Waals surface area contributed by atoms with Crippen molar-refractivity contribution in [1.82, 2.24) is 14.5 Å². The van der Waals surface area contributed by atoms with Crippen molar-refractivity contribution in [2.45, 2.75) is 53.0 Å². The average Bonchev–Trinajstić information content (AvgIpc) is 3.12. The maximum Gasteiger partial charge on any atom is 0.245 e. The van der Waals surface area contributed by atoms with Gasteiger partial charge in [-0.05, 0) is 80.0 Å². The smallest absolute Gasteiger partial charge is 0.245 e. The Morgan fingerprint density at radius 1 is 1.22 bits per heavy atom. The number of hydrogen-bond donors (Lipinski definition) is 0. The second-order valence-corrected chi connectivity index (χ2v) is 11.2. The lowest BCUT2D eigenvalue weighted by atomic mass is 9.85. The molecule has 1 aliphatic carbocycles. The summed E-state index contributed by atoms with van der Waals surface area (Å²) >= 11 is 6.56. The van der Waals surface area contributed by atoms with E-state index in [0.717, 1.165) is 46.1 Å². The molecule has 3 heterocycles. The van der Waals surface area contributed by atoms with E-state index in [2.05, 4.69) is 49.0 Å². The fourth-order valence-corrected chi connectivity index (χ4v) is 6.25. The van der Waals surface area contributed by atoms with Crippen LogP contribution in [-0.2, 0) is 16.1 Å². The molecule has 192 valence electrons. The average molecular weight is 516 g/mol. The van der Waals surface area contributed by atoms with Crippen molar-refractivity contribution in [3.63, 3.8) is 0 Å². The number of fused-ring (bicyclic) bond motifs is 1. The molecule has 0 saturated carbocycles. The monoisotopic (exact) mass is 515 g/mol. The minimum atomic E-state index is -0.0668. The van der Waals surface area contributed by atoms with Gasteiger partial charge in [-0.25, -0.2) is 0 Å². The predicted octanol–water partition coefficient (Wildman–Crippen LogP) is 6.78. The summed E-state index contributed by atoms with van der Waals surface area (Å²) in [5.41, 5.74) is 7.92. The summed E-state index contributed by atoms with van der Waals surface area (Å²) in [6, 6.07) is 6.11. The molecule has 1 saturated heterocycles. The van der Waals surface area contributed by atoms with Crippen LogP contribution in [0.5, 0.6) is 0 Å². The zero-order valence-electron chi connectivity index (χ0n) is 21.9. The Morgan fingerprint density at radius 2 is 2.00 bits per heavy atom. The van der Waals surface area contributed by atoms with E-state index >= 15 is 0 Å². The number of carbonyl (C=O) groups excluding carboxylic acids is 2. The number of halogens is 1. The third kappa shape index (κ3) is 4.89. The highest BCUT2D eigenvalue weighted by molar-refractivity contribution is 6.31. The summed E-state index contributed by atoms with van der Waals surface area (Å²) < 4.78 is 2.15. The number of hydrogen-bond acceptors (Lipinski definition) is 3. The highest BCUT2D eigenvalue weighted by Crippen LogP contribution is 2.42. The van der Waals surface area contributed by atoms with Crippen LogP contribution < -0.4 is 0 Å². The van der Waals surface area contributed by atoms with Crippen LogP contribution in [0, 0.1) is 25.7 Å². The molecule has 1 atom stereocenters. The molecular weight excluding hydrogens is 482 g/mol. The maximum absolute atomic E-state index is 13.2. The van der Waals surface area contributed by atoms with Gasteiger partial charge in [-0.2, -0.15) is 0 Å². The third-order valence-corrected chi connectivity index (χ3v) is 8.19. The second kappa shape index (κ2) is 10.3. The normalized spacial score (nSPS) is 18.0. The summed E-state index contributed by atoms with van der Waals surface area (Å²) in [6.07, 6.45) is 11.3. The molecule has 6 heteroatoms. The molecule has 1 aliphatic heterocycles. The van der Waals surface area contributed by atoms with Crippen molar-refractivity contribution in [3.8, 4) is 11.1 Å². The highest BCUT2D eigenvalue weighted by atomic mass is 35.5. The summed E-state index contributed by atoms with van der Waals surface area (Å²) in [5, 5.41) is 1.74. The Bertz CT molecular complexity index is 1430. The molecule has 1 unspecified atom stereocenters. The Morgan fingerprint density at radius 3 is 2.70 bits per heavy atom. The van der Waals surface area contributed by atoms with Crippen molar-refractivity contribution in [2.24, 2.45) is 11.8 Å². The molecule has 0 radical (unpaired) electrons. The van der Waals surface area contributed by atoms with Gasteiger partial charge < -0.3 is 9.47 Å². The number of aromatic nitrogens is 2. The van der Waals surface area contributed by atoms with Crippen molar-refractivity contribution in [1.29, 1.82) is 0 Å². The number of allylic oxidation sites excluding steroid dienone is 2. The van der Waals surface area contributed by atoms with Gasteiger partial charge >= 0.3 is 0 Å². The van der Waals surface area contributed by atoms with Gasteiger partial charge in [0, 0.05) is 65.1 Å². The quantitative estimate of drug-likeness (QED) is 0.326. The second-order valence-electron chi connectivity index (χ2n) is 10.8. The van der Waals surface area contributed by atoms with Gasteiger partial charge in [0.2, 0.25) is 5.91 Å². The Hall–Kier alpha value is -3.18. The molecule has 1 amide bonds. The Kier molecular flexibility index (Phi) is 7.09. The first-order valence-corrected chi connectivity index (χ1v) is 13.5. The lowest BCUT2D eigenvalue weighted by Crippen LogP contribution is -2.50. The minimum absolute atomic E-state index is 0.0668. The summed E-state index contributed by atoms with van der Waals surface area (Å²) in [6.45, 7) is 11.5. The van der Waals surface area contributed by atoms with E-state index in [-0.39, 0.29) is 17.6 Å². The van der Waals surface area contributed by atoms with Crippen LogP contribution >= 0.6 is 11.6 Å². The van der Waals surface area contributed by atoms with E-state index in [0.29, 0.717) is 37.0 Å². The summed E-state index contributed by atoms with van der Waals surface area (Å²) in [4.78, 5) is 31.2. The fourth-order valence-electron chi connectivity index (χ4n) is 5.97. The Balaban J connectivity index is 1.52. The lowest BCUT2D eigenvalue weighted by molar-refractivity contribution is -0.134. The van der Waals surface area contributed by atoms with E-state index in [4.69, 9.17) is 11.6 Å². The van der Waals surface area contributed by atoms with Crippen molar-refractivity contribution >= 4 is 39.8 Å². The van der Waals surface area contributed by atoms with Crippen molar-refractivity contribution in [2.75, 3.05) is 13.1 Å². The van der Waals surface area contributed by atoms with Crippen LogP contribution in [0.15, 0.2) is 49.3 Å². The van der Waals surface area contributed by atoms with E-state index in [1.165, 1.54) is 23.6 Å². The number of amides is 1. The predicted molar refractivity (Wildman–Crippen MR) is 151 cm³/mol. The number of rotatable bonds is 7. The molecule has 5 nitrogen and oxygen atoms in total. The van der Waals surface area contributed by atoms with Crippen molar-refractivity contribution < 1.29 is 9.59 Å². The van der Waals surface area contributed by atoms with E-state index < -0.39 is 0 Å². The topological polar surface area (TPSA) is 55.2 Å². The number of ketones is 1. The molecule has 2 aromatic heterocycles. The van der Waals surface area contributed by atoms with Crippen LogP contribution in [-0.4, -0.2) is 39.2 Å². The molecule has 0 spiro atoms. The van der Waals surface area contributed by atoms with Crippen LogP contribution in [0.25, 0.3) is 27.6 Å². The summed E-state index contributed by atoms with van der Waals surface area (Å²) in [5.74, 6) is 1.02. The number of nitrogens with zero attached hydrogens (tertiary/aromatic N) is 3. The molecule has 1 aromatic carbocycles. The van der Waals surface area contributed by atoms with Gasteiger partial charge in [0.1, 0.15) is 0 Å². The molecule has 3 aromatic rings. The first-order valence-electron chi connectivity index (χ1n) is 13.1. The van der Waals surface area contributed by atoms with Crippen LogP contribution in [0.2, 0.25) is 5.02 Å². The molecular formula is C31H34ClN3O2. The maximum atomic E-state index is 13.2. The van der Waals surface area contributed by atoms with Gasteiger partial charge in [0.05, 0.1) is 12.1 Å². The van der Waals surface area contributed by atoms with Gasteiger partial charge in [0.15, 0.2) is 5.78 Å². The number of benzene rings is 1. The molecule has 0 N–H and O–H groups in total. The zero-order valence-corrected chi connectivity index (χ0v) is 22.6. The van der Waals surface area contributed by atoms with E-state index in [1.807, 2.05) is 24.5 Å². The number of likely N-dealkylation sites (tertiary alicyclic amines) is 1. The third-order valence-electron chi connectivity index (χ3n) is 7.97. The van der Waals surface area contributed by atoms with Crippen molar-refractivity contribution in [3.05, 3.63) is 71.2 Å². The molecule has 2 aliphatic rings. The molecule has 37 heavy (non-hydrogen) atoms. The standard InChI is InChI=1S/C31H34ClN3O2/c1-5-29(37)34-16-22(17-34)13-25(36)18-35-21(4)30(27-14-24(32)12-20(3)31(27)35)28-15-33-11-10-26(28)23-8-6-19(2)7-9-23/h5,8,10-12,14-15,19,22H,1,6-7,9,13,16-18H2,2-4H3. The first kappa shape index (κ1) is 25.5. The summed E-state index contributed by atoms with van der Waals surface area (Å²) in [7, 11) is 0. The Labute approximate surface area is 223 Å². The number of Topliss-reactive ketones (excluding diaryl/α,β-unsaturated/α-hetero) is 1. The molecule has 0 bridgehead atoms. The van der Waals surface area contributed by atoms with Gasteiger partial charge in [-0.3, -0.25) is 14.6 Å². The van der Waals surface area contributed by atoms with E-state index in [9.17, 15) is 9.59 Å². The van der Waals surface area contributed by atoms with Crippen LogP contribution in [0.4, 0.5) is 0 Å². The van der Waals surface area contributed by atoms with Crippen LogP contribution in [0.1, 0.15) is 49.4 Å².